The van der Waals surface area contributed by atoms with Crippen molar-refractivity contribution < 1.29 is 0 Å². The van der Waals surface area contributed by atoms with E-state index in [0.717, 1.165) is 25.3 Å². The van der Waals surface area contributed by atoms with E-state index >= 15 is 0 Å². The van der Waals surface area contributed by atoms with Crippen LogP contribution in [-0.4, -0.2) is 18.5 Å². The van der Waals surface area contributed by atoms with Crippen molar-refractivity contribution in [1.82, 2.24) is 5.32 Å². The van der Waals surface area contributed by atoms with Gasteiger partial charge in [-0.1, -0.05) is 0 Å². The highest BCUT2D eigenvalue weighted by Crippen LogP contribution is 1.91. The summed E-state index contributed by atoms with van der Waals surface area (Å²) in [5, 5.41) is 4.30. The molecule has 0 rings (SSSR count). The lowest BCUT2D eigenvalue weighted by atomic mass is 10.3. The van der Waals surface area contributed by atoms with Crippen LogP contribution in [0.25, 0.3) is 0 Å². The number of hydrogen-bond donors (Lipinski definition) is 0. The van der Waals surface area contributed by atoms with Crippen LogP contribution in [0.2, 0.25) is 0 Å². The molecule has 0 atom stereocenters. The maximum atomic E-state index is 5.48. The summed E-state index contributed by atoms with van der Waals surface area (Å²) in [4.78, 5) is 0. The smallest absolute Gasteiger partial charge is 0.0223 e. The van der Waals surface area contributed by atoms with Crippen molar-refractivity contribution in [3.63, 3.8) is 0 Å². The molecule has 0 unspecified atom stereocenters. The highest BCUT2D eigenvalue weighted by molar-refractivity contribution is 6.17. The van der Waals surface area contributed by atoms with Crippen molar-refractivity contribution in [1.29, 1.82) is 0 Å². The normalized spacial score (nSPS) is 10.7. The van der Waals surface area contributed by atoms with E-state index in [2.05, 4.69) is 19.2 Å². The van der Waals surface area contributed by atoms with Crippen LogP contribution in [0.1, 0.15) is 26.7 Å². The number of rotatable bonds is 5. The second-order valence-electron chi connectivity index (χ2n) is 2.40. The van der Waals surface area contributed by atoms with E-state index < -0.39 is 0 Å². The summed E-state index contributed by atoms with van der Waals surface area (Å²) >= 11 is 5.48. The largest absolute Gasteiger partial charge is 0.239 e. The van der Waals surface area contributed by atoms with Crippen LogP contribution in [0, 0.1) is 0 Å². The predicted molar refractivity (Wildman–Crippen MR) is 42.1 cm³/mol. The first-order valence-electron chi connectivity index (χ1n) is 3.50. The molecule has 0 bridgehead atoms. The Bertz CT molecular complexity index is 54.9. The molecule has 0 aliphatic rings. The predicted octanol–water partition coefficient (Wildman–Crippen LogP) is 2.02. The highest BCUT2D eigenvalue weighted by atomic mass is 35.5. The quantitative estimate of drug-likeness (QED) is 0.419. The summed E-state index contributed by atoms with van der Waals surface area (Å²) in [6, 6.07) is 0.486. The van der Waals surface area contributed by atoms with Gasteiger partial charge in [-0.25, -0.2) is 5.32 Å². The van der Waals surface area contributed by atoms with E-state index in [1.807, 2.05) is 0 Å². The van der Waals surface area contributed by atoms with E-state index in [4.69, 9.17) is 11.6 Å². The molecule has 55 valence electrons. The fraction of sp³-hybridized carbons (Fsp3) is 1.00. The Morgan fingerprint density at radius 3 is 2.44 bits per heavy atom. The SMILES string of the molecule is CC(C)[N]CCCCCl. The zero-order valence-electron chi connectivity index (χ0n) is 6.23. The summed E-state index contributed by atoms with van der Waals surface area (Å²) in [5.41, 5.74) is 0. The zero-order valence-corrected chi connectivity index (χ0v) is 6.99. The highest BCUT2D eigenvalue weighted by Gasteiger charge is 1.91. The molecule has 0 aromatic heterocycles. The minimum Gasteiger partial charge on any atom is -0.239 e. The first kappa shape index (κ1) is 9.25. The van der Waals surface area contributed by atoms with Gasteiger partial charge in [-0.3, -0.25) is 0 Å². The van der Waals surface area contributed by atoms with Gasteiger partial charge in [-0.05, 0) is 26.7 Å². The third kappa shape index (κ3) is 8.25. The second kappa shape index (κ2) is 6.37. The summed E-state index contributed by atoms with van der Waals surface area (Å²) in [7, 11) is 0. The van der Waals surface area contributed by atoms with Gasteiger partial charge in [0.2, 0.25) is 0 Å². The Morgan fingerprint density at radius 1 is 1.33 bits per heavy atom. The van der Waals surface area contributed by atoms with Crippen molar-refractivity contribution in [2.24, 2.45) is 0 Å². The van der Waals surface area contributed by atoms with E-state index in [1.165, 1.54) is 0 Å². The average molecular weight is 149 g/mol. The Labute approximate surface area is 62.8 Å². The molecule has 0 amide bonds. The van der Waals surface area contributed by atoms with Crippen LogP contribution in [0.5, 0.6) is 0 Å². The molecule has 1 radical (unpaired) electrons. The van der Waals surface area contributed by atoms with Gasteiger partial charge in [-0.2, -0.15) is 0 Å². The van der Waals surface area contributed by atoms with Crippen molar-refractivity contribution >= 4 is 11.6 Å². The van der Waals surface area contributed by atoms with E-state index in [-0.39, 0.29) is 0 Å². The summed E-state index contributed by atoms with van der Waals surface area (Å²) in [6.45, 7) is 5.17. The number of unbranched alkanes of at least 4 members (excludes halogenated alkanes) is 1. The summed E-state index contributed by atoms with van der Waals surface area (Å²) < 4.78 is 0. The number of alkyl halides is 1. The molecule has 2 heteroatoms. The van der Waals surface area contributed by atoms with Gasteiger partial charge in [0, 0.05) is 18.5 Å². The zero-order chi connectivity index (χ0) is 7.11. The van der Waals surface area contributed by atoms with Gasteiger partial charge >= 0.3 is 0 Å². The van der Waals surface area contributed by atoms with Crippen LogP contribution in [-0.2, 0) is 0 Å². The molecule has 0 aromatic carbocycles. The molecule has 0 aliphatic heterocycles. The third-order valence-electron chi connectivity index (χ3n) is 1.04. The Kier molecular flexibility index (Phi) is 6.55. The van der Waals surface area contributed by atoms with Crippen LogP contribution in [0.15, 0.2) is 0 Å². The number of halogens is 1. The number of nitrogens with zero attached hydrogens (tertiary/aromatic N) is 1. The summed E-state index contributed by atoms with van der Waals surface area (Å²) in [5.74, 6) is 0.771. The second-order valence-corrected chi connectivity index (χ2v) is 2.77. The maximum Gasteiger partial charge on any atom is 0.0223 e. The fourth-order valence-corrected chi connectivity index (χ4v) is 0.745. The number of hydrogen-bond acceptors (Lipinski definition) is 0. The van der Waals surface area contributed by atoms with Crippen molar-refractivity contribution in [3.05, 3.63) is 0 Å². The minimum absolute atomic E-state index is 0.486. The van der Waals surface area contributed by atoms with E-state index in [1.54, 1.807) is 0 Å². The van der Waals surface area contributed by atoms with E-state index in [0.29, 0.717) is 6.04 Å². The van der Waals surface area contributed by atoms with Crippen LogP contribution >= 0.6 is 11.6 Å². The molecule has 0 N–H and O–H groups in total. The molecule has 0 heterocycles. The molecule has 1 nitrogen and oxygen atoms in total. The Hall–Kier alpha value is 0.250. The van der Waals surface area contributed by atoms with Crippen molar-refractivity contribution in [3.8, 4) is 0 Å². The van der Waals surface area contributed by atoms with Gasteiger partial charge in [0.05, 0.1) is 0 Å². The van der Waals surface area contributed by atoms with Crippen molar-refractivity contribution in [2.75, 3.05) is 12.4 Å². The molecule has 0 fully saturated rings. The van der Waals surface area contributed by atoms with Crippen LogP contribution < -0.4 is 5.32 Å². The standard InChI is InChI=1S/C7H15ClN/c1-7(2)9-6-4-3-5-8/h7H,3-6H2,1-2H3. The molecule has 0 saturated carbocycles. The monoisotopic (exact) mass is 148 g/mol. The molecular weight excluding hydrogens is 134 g/mol. The molecular formula is C7H15ClN. The van der Waals surface area contributed by atoms with Gasteiger partial charge in [0.25, 0.3) is 0 Å². The average Bonchev–Trinajstić information content (AvgIpc) is 1.80. The third-order valence-corrected chi connectivity index (χ3v) is 1.30. The summed E-state index contributed by atoms with van der Waals surface area (Å²) in [6.07, 6.45) is 2.24. The molecule has 0 aliphatic carbocycles. The van der Waals surface area contributed by atoms with Gasteiger partial charge < -0.3 is 0 Å². The molecule has 0 saturated heterocycles. The lowest BCUT2D eigenvalue weighted by Gasteiger charge is -2.02. The minimum atomic E-state index is 0.486. The van der Waals surface area contributed by atoms with Gasteiger partial charge in [0.1, 0.15) is 0 Å². The first-order chi connectivity index (χ1) is 4.27. The topological polar surface area (TPSA) is 14.1 Å². The maximum absolute atomic E-state index is 5.48. The van der Waals surface area contributed by atoms with Crippen LogP contribution in [0.4, 0.5) is 0 Å². The lowest BCUT2D eigenvalue weighted by Crippen LogP contribution is -2.15. The van der Waals surface area contributed by atoms with Gasteiger partial charge in [-0.15, -0.1) is 11.6 Å². The Balaban J connectivity index is 2.75. The van der Waals surface area contributed by atoms with Crippen molar-refractivity contribution in [2.45, 2.75) is 32.7 Å². The van der Waals surface area contributed by atoms with E-state index in [9.17, 15) is 0 Å². The lowest BCUT2D eigenvalue weighted by molar-refractivity contribution is 0.555. The fourth-order valence-electron chi connectivity index (χ4n) is 0.556. The Morgan fingerprint density at radius 2 is 2.00 bits per heavy atom. The first-order valence-corrected chi connectivity index (χ1v) is 4.03. The molecule has 0 aromatic rings. The molecule has 0 spiro atoms. The molecule has 9 heavy (non-hydrogen) atoms. The van der Waals surface area contributed by atoms with Crippen LogP contribution in [0.3, 0.4) is 0 Å². The van der Waals surface area contributed by atoms with Gasteiger partial charge in [0.15, 0.2) is 0 Å².